The number of likely N-dealkylation sites (tertiary alicyclic amines) is 1. The van der Waals surface area contributed by atoms with Crippen molar-refractivity contribution < 1.29 is 14.3 Å². The second-order valence-electron chi connectivity index (χ2n) is 4.55. The van der Waals surface area contributed by atoms with Gasteiger partial charge in [0.05, 0.1) is 13.7 Å². The highest BCUT2D eigenvalue weighted by Gasteiger charge is 2.24. The highest BCUT2D eigenvalue weighted by molar-refractivity contribution is 5.67. The molecule has 1 unspecified atom stereocenters. The van der Waals surface area contributed by atoms with E-state index in [0.717, 1.165) is 31.7 Å². The van der Waals surface area contributed by atoms with Gasteiger partial charge in [0.25, 0.3) is 0 Å². The van der Waals surface area contributed by atoms with E-state index in [0.29, 0.717) is 12.5 Å². The summed E-state index contributed by atoms with van der Waals surface area (Å²) in [6, 6.07) is 9.77. The highest BCUT2D eigenvalue weighted by Crippen LogP contribution is 2.19. The van der Waals surface area contributed by atoms with Gasteiger partial charge in [0.2, 0.25) is 0 Å². The van der Waals surface area contributed by atoms with Gasteiger partial charge >= 0.3 is 6.09 Å². The fraction of sp³-hybridized carbons (Fsp3) is 0.500. The number of benzene rings is 1. The lowest BCUT2D eigenvalue weighted by Crippen LogP contribution is -2.41. The number of carbonyl (C=O) groups excluding carboxylic acids is 1. The van der Waals surface area contributed by atoms with E-state index in [-0.39, 0.29) is 6.09 Å². The van der Waals surface area contributed by atoms with E-state index < -0.39 is 0 Å². The number of hydrogen-bond acceptors (Lipinski definition) is 3. The van der Waals surface area contributed by atoms with Crippen LogP contribution in [-0.4, -0.2) is 37.8 Å². The Morgan fingerprint density at radius 3 is 2.89 bits per heavy atom. The average molecular weight is 249 g/mol. The summed E-state index contributed by atoms with van der Waals surface area (Å²) in [6.45, 7) is 2.16. The Bertz CT molecular complexity index is 380. The zero-order chi connectivity index (χ0) is 12.8. The quantitative estimate of drug-likeness (QED) is 0.826. The molecule has 18 heavy (non-hydrogen) atoms. The smallest absolute Gasteiger partial charge is 0.409 e. The van der Waals surface area contributed by atoms with Crippen molar-refractivity contribution in [2.45, 2.75) is 12.8 Å². The monoisotopic (exact) mass is 249 g/mol. The molecule has 4 heteroatoms. The number of methoxy groups -OCH3 is 1. The van der Waals surface area contributed by atoms with E-state index in [1.165, 1.54) is 7.11 Å². The van der Waals surface area contributed by atoms with E-state index in [2.05, 4.69) is 0 Å². The molecule has 1 fully saturated rings. The molecule has 1 aliphatic rings. The Hall–Kier alpha value is -1.71. The van der Waals surface area contributed by atoms with Crippen molar-refractivity contribution in [3.05, 3.63) is 30.3 Å². The number of nitrogens with zero attached hydrogens (tertiary/aromatic N) is 1. The minimum absolute atomic E-state index is 0.237. The first-order valence-electron chi connectivity index (χ1n) is 6.30. The highest BCUT2D eigenvalue weighted by atomic mass is 16.5. The number of piperidine rings is 1. The number of rotatable bonds is 3. The second-order valence-corrected chi connectivity index (χ2v) is 4.55. The molecule has 0 aliphatic carbocycles. The maximum atomic E-state index is 11.4. The summed E-state index contributed by atoms with van der Waals surface area (Å²) in [7, 11) is 1.42. The first-order valence-corrected chi connectivity index (χ1v) is 6.30. The summed E-state index contributed by atoms with van der Waals surface area (Å²) >= 11 is 0. The second kappa shape index (κ2) is 6.28. The Balaban J connectivity index is 1.81. The van der Waals surface area contributed by atoms with Crippen LogP contribution in [-0.2, 0) is 4.74 Å². The first kappa shape index (κ1) is 12.7. The van der Waals surface area contributed by atoms with Crippen LogP contribution in [0.15, 0.2) is 30.3 Å². The summed E-state index contributed by atoms with van der Waals surface area (Å²) in [4.78, 5) is 13.2. The van der Waals surface area contributed by atoms with Crippen LogP contribution in [0, 0.1) is 5.92 Å². The first-order chi connectivity index (χ1) is 8.79. The van der Waals surface area contributed by atoms with Crippen LogP contribution in [0.25, 0.3) is 0 Å². The molecule has 0 bridgehead atoms. The lowest BCUT2D eigenvalue weighted by molar-refractivity contribution is 0.0903. The topological polar surface area (TPSA) is 38.8 Å². The summed E-state index contributed by atoms with van der Waals surface area (Å²) in [6.07, 6.45) is 1.87. The number of carbonyl (C=O) groups is 1. The van der Waals surface area contributed by atoms with Crippen LogP contribution in [0.3, 0.4) is 0 Å². The van der Waals surface area contributed by atoms with Gasteiger partial charge in [-0.1, -0.05) is 18.2 Å². The van der Waals surface area contributed by atoms with Gasteiger partial charge in [-0.3, -0.25) is 0 Å². The van der Waals surface area contributed by atoms with Crippen molar-refractivity contribution in [1.82, 2.24) is 4.90 Å². The Labute approximate surface area is 107 Å². The predicted molar refractivity (Wildman–Crippen MR) is 68.6 cm³/mol. The zero-order valence-electron chi connectivity index (χ0n) is 10.7. The molecule has 1 aromatic rings. The molecule has 0 radical (unpaired) electrons. The van der Waals surface area contributed by atoms with Crippen molar-refractivity contribution in [1.29, 1.82) is 0 Å². The number of ether oxygens (including phenoxy) is 2. The molecule has 1 saturated heterocycles. The van der Waals surface area contributed by atoms with Gasteiger partial charge in [-0.2, -0.15) is 0 Å². The predicted octanol–water partition coefficient (Wildman–Crippen LogP) is 2.54. The number of hydrogen-bond donors (Lipinski definition) is 0. The van der Waals surface area contributed by atoms with E-state index >= 15 is 0 Å². The van der Waals surface area contributed by atoms with Crippen LogP contribution in [0.1, 0.15) is 12.8 Å². The third kappa shape index (κ3) is 3.39. The van der Waals surface area contributed by atoms with Crippen molar-refractivity contribution >= 4 is 6.09 Å². The van der Waals surface area contributed by atoms with Crippen LogP contribution in [0.4, 0.5) is 4.79 Å². The minimum atomic E-state index is -0.237. The Morgan fingerprint density at radius 1 is 1.39 bits per heavy atom. The van der Waals surface area contributed by atoms with Crippen LogP contribution in [0.2, 0.25) is 0 Å². The number of amides is 1. The van der Waals surface area contributed by atoms with Gasteiger partial charge < -0.3 is 14.4 Å². The molecule has 0 N–H and O–H groups in total. The van der Waals surface area contributed by atoms with Gasteiger partial charge in [0.15, 0.2) is 0 Å². The van der Waals surface area contributed by atoms with Gasteiger partial charge in [0, 0.05) is 19.0 Å². The maximum absolute atomic E-state index is 11.4. The Morgan fingerprint density at radius 2 is 2.17 bits per heavy atom. The molecular weight excluding hydrogens is 230 g/mol. The third-order valence-corrected chi connectivity index (χ3v) is 3.18. The molecule has 2 rings (SSSR count). The molecule has 0 saturated carbocycles. The molecular formula is C14H19NO3. The molecule has 1 atom stereocenters. The Kier molecular flexibility index (Phi) is 4.45. The third-order valence-electron chi connectivity index (χ3n) is 3.18. The largest absolute Gasteiger partial charge is 0.493 e. The summed E-state index contributed by atoms with van der Waals surface area (Å²) in [5.74, 6) is 1.27. The van der Waals surface area contributed by atoms with Crippen LogP contribution >= 0.6 is 0 Å². The fourth-order valence-electron chi connectivity index (χ4n) is 2.23. The molecule has 0 spiro atoms. The van der Waals surface area contributed by atoms with Crippen LogP contribution < -0.4 is 4.74 Å². The molecule has 0 aromatic heterocycles. The van der Waals surface area contributed by atoms with E-state index in [1.807, 2.05) is 30.3 Å². The standard InChI is InChI=1S/C14H19NO3/c1-17-14(16)15-9-5-6-12(10-15)11-18-13-7-3-2-4-8-13/h2-4,7-8,12H,5-6,9-11H2,1H3. The molecule has 4 nitrogen and oxygen atoms in total. The van der Waals surface area contributed by atoms with Crippen molar-refractivity contribution in [3.8, 4) is 5.75 Å². The minimum Gasteiger partial charge on any atom is -0.493 e. The molecule has 98 valence electrons. The molecule has 1 heterocycles. The SMILES string of the molecule is COC(=O)N1CCCC(COc2ccccc2)C1. The zero-order valence-corrected chi connectivity index (χ0v) is 10.7. The van der Waals surface area contributed by atoms with Crippen molar-refractivity contribution in [3.63, 3.8) is 0 Å². The van der Waals surface area contributed by atoms with Gasteiger partial charge in [0.1, 0.15) is 5.75 Å². The maximum Gasteiger partial charge on any atom is 0.409 e. The van der Waals surface area contributed by atoms with Crippen molar-refractivity contribution in [2.75, 3.05) is 26.8 Å². The molecule has 1 aliphatic heterocycles. The summed E-state index contributed by atoms with van der Waals surface area (Å²) in [5, 5.41) is 0. The van der Waals surface area contributed by atoms with Gasteiger partial charge in [-0.25, -0.2) is 4.79 Å². The summed E-state index contributed by atoms with van der Waals surface area (Å²) in [5.41, 5.74) is 0. The van der Waals surface area contributed by atoms with Gasteiger partial charge in [-0.05, 0) is 25.0 Å². The lowest BCUT2D eigenvalue weighted by atomic mass is 9.99. The van der Waals surface area contributed by atoms with Crippen LogP contribution in [0.5, 0.6) is 5.75 Å². The molecule has 1 aromatic carbocycles. The van der Waals surface area contributed by atoms with E-state index in [1.54, 1.807) is 4.90 Å². The summed E-state index contributed by atoms with van der Waals surface area (Å²) < 4.78 is 10.5. The normalized spacial score (nSPS) is 19.4. The lowest BCUT2D eigenvalue weighted by Gasteiger charge is -2.31. The number of para-hydroxylation sites is 1. The van der Waals surface area contributed by atoms with Gasteiger partial charge in [-0.15, -0.1) is 0 Å². The van der Waals surface area contributed by atoms with E-state index in [9.17, 15) is 4.79 Å². The average Bonchev–Trinajstić information content (AvgIpc) is 2.45. The fourth-order valence-corrected chi connectivity index (χ4v) is 2.23. The van der Waals surface area contributed by atoms with E-state index in [4.69, 9.17) is 9.47 Å². The molecule has 1 amide bonds. The van der Waals surface area contributed by atoms with Crippen molar-refractivity contribution in [2.24, 2.45) is 5.92 Å².